The molecule has 7 nitrogen and oxygen atoms in total. The molecule has 1 unspecified atom stereocenters. The Morgan fingerprint density at radius 1 is 1.45 bits per heavy atom. The molecule has 2 atom stereocenters. The lowest BCUT2D eigenvalue weighted by molar-refractivity contribution is -0.117. The van der Waals surface area contributed by atoms with Gasteiger partial charge in [0.25, 0.3) is 0 Å². The zero-order valence-corrected chi connectivity index (χ0v) is 11.6. The number of anilines is 2. The molecule has 1 N–H and O–H groups in total. The predicted octanol–water partition coefficient (Wildman–Crippen LogP) is 0.505. The van der Waals surface area contributed by atoms with E-state index in [9.17, 15) is 14.0 Å². The number of aldehydes is 1. The number of carbonyl (C=O) groups excluding carboxylic acids is 2. The summed E-state index contributed by atoms with van der Waals surface area (Å²) < 4.78 is 24.4. The van der Waals surface area contributed by atoms with Gasteiger partial charge >= 0.3 is 6.09 Å². The van der Waals surface area contributed by atoms with Crippen molar-refractivity contribution in [3.63, 3.8) is 0 Å². The molecule has 2 fully saturated rings. The van der Waals surface area contributed by atoms with Gasteiger partial charge in [0, 0.05) is 12.2 Å². The maximum atomic E-state index is 14.3. The molecule has 0 aliphatic carbocycles. The number of rotatable bonds is 4. The maximum absolute atomic E-state index is 14.3. The first-order valence-electron chi connectivity index (χ1n) is 6.86. The Morgan fingerprint density at radius 3 is 2.86 bits per heavy atom. The summed E-state index contributed by atoms with van der Waals surface area (Å²) in [7, 11) is 0. The zero-order chi connectivity index (χ0) is 15.7. The van der Waals surface area contributed by atoms with Gasteiger partial charge in [-0.05, 0) is 18.2 Å². The molecule has 0 bridgehead atoms. The van der Waals surface area contributed by atoms with Crippen molar-refractivity contribution in [3.05, 3.63) is 24.0 Å². The number of ether oxygens (including phenoxy) is 2. The van der Waals surface area contributed by atoms with E-state index in [1.54, 1.807) is 11.0 Å². The average molecular weight is 310 g/mol. The summed E-state index contributed by atoms with van der Waals surface area (Å²) in [5.74, 6) is -0.589. The lowest BCUT2D eigenvalue weighted by Gasteiger charge is -2.22. The van der Waals surface area contributed by atoms with Crippen molar-refractivity contribution in [1.82, 2.24) is 0 Å². The number of nitrogens with zero attached hydrogens (tertiary/aromatic N) is 2. The van der Waals surface area contributed by atoms with E-state index in [1.165, 1.54) is 17.0 Å². The summed E-state index contributed by atoms with van der Waals surface area (Å²) in [6.07, 6.45) is -1.34. The van der Waals surface area contributed by atoms with Crippen LogP contribution in [0.1, 0.15) is 0 Å². The molecule has 0 spiro atoms. The van der Waals surface area contributed by atoms with Crippen molar-refractivity contribution < 1.29 is 28.6 Å². The molecule has 0 saturated carbocycles. The maximum Gasteiger partial charge on any atom is 0.414 e. The first kappa shape index (κ1) is 14.7. The zero-order valence-electron chi connectivity index (χ0n) is 11.6. The van der Waals surface area contributed by atoms with Crippen LogP contribution in [0.5, 0.6) is 0 Å². The smallest absolute Gasteiger partial charge is 0.414 e. The van der Waals surface area contributed by atoms with E-state index in [1.807, 2.05) is 0 Å². The van der Waals surface area contributed by atoms with Gasteiger partial charge in [-0.2, -0.15) is 0 Å². The van der Waals surface area contributed by atoms with Crippen molar-refractivity contribution in [2.24, 2.45) is 0 Å². The summed E-state index contributed by atoms with van der Waals surface area (Å²) in [6, 6.07) is 4.30. The summed E-state index contributed by atoms with van der Waals surface area (Å²) in [5.41, 5.74) is 0.578. The molecule has 2 heterocycles. The van der Waals surface area contributed by atoms with Gasteiger partial charge in [0.05, 0.1) is 18.8 Å². The van der Waals surface area contributed by atoms with Crippen molar-refractivity contribution in [2.75, 3.05) is 36.1 Å². The van der Waals surface area contributed by atoms with Gasteiger partial charge in [0.15, 0.2) is 12.5 Å². The number of amides is 1. The van der Waals surface area contributed by atoms with Crippen molar-refractivity contribution >= 4 is 23.8 Å². The van der Waals surface area contributed by atoms with Crippen LogP contribution in [0.4, 0.5) is 20.6 Å². The molecule has 22 heavy (non-hydrogen) atoms. The van der Waals surface area contributed by atoms with Crippen LogP contribution in [-0.2, 0) is 14.3 Å². The van der Waals surface area contributed by atoms with Crippen LogP contribution in [0.15, 0.2) is 18.2 Å². The number of halogens is 1. The second-order valence-corrected chi connectivity index (χ2v) is 5.02. The molecule has 8 heteroatoms. The first-order chi connectivity index (χ1) is 10.6. The number of aliphatic hydroxyl groups is 1. The minimum absolute atomic E-state index is 0.132. The van der Waals surface area contributed by atoms with Crippen LogP contribution in [0.2, 0.25) is 0 Å². The van der Waals surface area contributed by atoms with E-state index >= 15 is 0 Å². The van der Waals surface area contributed by atoms with Crippen LogP contribution < -0.4 is 9.80 Å². The van der Waals surface area contributed by atoms with Crippen molar-refractivity contribution in [3.8, 4) is 0 Å². The summed E-state index contributed by atoms with van der Waals surface area (Å²) in [6.45, 7) is 0.586. The molecule has 2 saturated heterocycles. The van der Waals surface area contributed by atoms with Crippen molar-refractivity contribution in [1.29, 1.82) is 0 Å². The predicted molar refractivity (Wildman–Crippen MR) is 74.3 cm³/mol. The highest BCUT2D eigenvalue weighted by Gasteiger charge is 2.33. The third kappa shape index (κ3) is 2.51. The van der Waals surface area contributed by atoms with Gasteiger partial charge in [-0.15, -0.1) is 0 Å². The minimum Gasteiger partial charge on any atom is -0.447 e. The van der Waals surface area contributed by atoms with Gasteiger partial charge in [0.1, 0.15) is 18.5 Å². The standard InChI is InChI=1S/C14H15FN2O5/c15-11-5-9(17-6-10(7-18)22-13(17)8-19)1-2-12(11)16-3-4-21-14(16)20/h1-2,5,8,10,13,18H,3-4,6-7H2/t10-,13?/m1/s1. The fraction of sp³-hybridized carbons (Fsp3) is 0.429. The number of carbonyl (C=O) groups is 2. The summed E-state index contributed by atoms with van der Waals surface area (Å²) in [4.78, 5) is 25.3. The highest BCUT2D eigenvalue weighted by Crippen LogP contribution is 2.30. The van der Waals surface area contributed by atoms with E-state index in [0.717, 1.165) is 0 Å². The van der Waals surface area contributed by atoms with E-state index in [-0.39, 0.29) is 25.4 Å². The van der Waals surface area contributed by atoms with Gasteiger partial charge in [-0.25, -0.2) is 9.18 Å². The SMILES string of the molecule is O=CC1O[C@@H](CO)CN1c1ccc(N2CCOC2=O)c(F)c1. The topological polar surface area (TPSA) is 79.3 Å². The molecular weight excluding hydrogens is 295 g/mol. The lowest BCUT2D eigenvalue weighted by atomic mass is 10.2. The quantitative estimate of drug-likeness (QED) is 0.816. The van der Waals surface area contributed by atoms with E-state index in [0.29, 0.717) is 18.5 Å². The van der Waals surface area contributed by atoms with Crippen LogP contribution in [0.25, 0.3) is 0 Å². The molecule has 0 aromatic heterocycles. The fourth-order valence-corrected chi connectivity index (χ4v) is 2.60. The Balaban J connectivity index is 1.85. The second-order valence-electron chi connectivity index (χ2n) is 5.02. The molecule has 0 radical (unpaired) electrons. The van der Waals surface area contributed by atoms with Crippen molar-refractivity contribution in [2.45, 2.75) is 12.3 Å². The van der Waals surface area contributed by atoms with Crippen LogP contribution >= 0.6 is 0 Å². The Kier molecular flexibility index (Phi) is 3.95. The minimum atomic E-state index is -0.862. The third-order valence-electron chi connectivity index (χ3n) is 3.67. The fourth-order valence-electron chi connectivity index (χ4n) is 2.60. The lowest BCUT2D eigenvalue weighted by Crippen LogP contribution is -2.31. The molecule has 2 aliphatic rings. The normalized spacial score (nSPS) is 24.7. The Labute approximate surface area is 125 Å². The van der Waals surface area contributed by atoms with E-state index < -0.39 is 24.2 Å². The largest absolute Gasteiger partial charge is 0.447 e. The number of hydrogen-bond donors (Lipinski definition) is 1. The highest BCUT2D eigenvalue weighted by molar-refractivity contribution is 5.89. The number of cyclic esters (lactones) is 1. The van der Waals surface area contributed by atoms with Gasteiger partial charge < -0.3 is 19.5 Å². The van der Waals surface area contributed by atoms with Crippen LogP contribution in [0.3, 0.4) is 0 Å². The number of aliphatic hydroxyl groups excluding tert-OH is 1. The third-order valence-corrected chi connectivity index (χ3v) is 3.67. The van der Waals surface area contributed by atoms with E-state index in [4.69, 9.17) is 14.6 Å². The Bertz CT molecular complexity index is 597. The molecule has 3 rings (SSSR count). The van der Waals surface area contributed by atoms with Crippen LogP contribution in [-0.4, -0.2) is 56.1 Å². The van der Waals surface area contributed by atoms with Gasteiger partial charge in [-0.3, -0.25) is 9.69 Å². The Morgan fingerprint density at radius 2 is 2.27 bits per heavy atom. The van der Waals surface area contributed by atoms with Gasteiger partial charge in [-0.1, -0.05) is 0 Å². The molecule has 118 valence electrons. The molecule has 1 aromatic carbocycles. The summed E-state index contributed by atoms with van der Waals surface area (Å²) in [5, 5.41) is 9.12. The number of benzene rings is 1. The molecule has 2 aliphatic heterocycles. The first-order valence-corrected chi connectivity index (χ1v) is 6.86. The summed E-state index contributed by atoms with van der Waals surface area (Å²) >= 11 is 0. The average Bonchev–Trinajstić information content (AvgIpc) is 3.13. The van der Waals surface area contributed by atoms with Crippen LogP contribution in [0, 0.1) is 5.82 Å². The Hall–Kier alpha value is -2.19. The molecule has 1 aromatic rings. The van der Waals surface area contributed by atoms with E-state index in [2.05, 4.69) is 0 Å². The number of hydrogen-bond acceptors (Lipinski definition) is 6. The highest BCUT2D eigenvalue weighted by atomic mass is 19.1. The molecular formula is C14H15FN2O5. The second kappa shape index (κ2) is 5.90. The molecule has 1 amide bonds. The van der Waals surface area contributed by atoms with Gasteiger partial charge in [0.2, 0.25) is 0 Å². The monoisotopic (exact) mass is 310 g/mol.